The highest BCUT2D eigenvalue weighted by atomic mass is 16.5. The molecule has 21 heavy (non-hydrogen) atoms. The van der Waals surface area contributed by atoms with Gasteiger partial charge in [-0.15, -0.1) is 0 Å². The zero-order valence-corrected chi connectivity index (χ0v) is 12.0. The molecule has 0 aliphatic rings. The Labute approximate surface area is 122 Å². The summed E-state index contributed by atoms with van der Waals surface area (Å²) in [5, 5.41) is 10.2. The number of ether oxygens (including phenoxy) is 3. The van der Waals surface area contributed by atoms with Crippen LogP contribution in [0.5, 0.6) is 23.0 Å². The molecule has 0 unspecified atom stereocenters. The number of hydrogen-bond donors (Lipinski definition) is 1. The lowest BCUT2D eigenvalue weighted by Gasteiger charge is -2.12. The van der Waals surface area contributed by atoms with Gasteiger partial charge in [0.25, 0.3) is 0 Å². The molecular weight excluding hydrogens is 272 g/mol. The van der Waals surface area contributed by atoms with Crippen LogP contribution in [-0.4, -0.2) is 32.2 Å². The van der Waals surface area contributed by atoms with Crippen molar-refractivity contribution in [1.29, 1.82) is 0 Å². The summed E-state index contributed by atoms with van der Waals surface area (Å²) in [4.78, 5) is 12.4. The number of hydrogen-bond acceptors (Lipinski definition) is 5. The highest BCUT2D eigenvalue weighted by Gasteiger charge is 2.20. The van der Waals surface area contributed by atoms with Crippen LogP contribution < -0.4 is 14.2 Å². The molecule has 5 heteroatoms. The van der Waals surface area contributed by atoms with Crippen molar-refractivity contribution in [3.8, 4) is 23.0 Å². The van der Waals surface area contributed by atoms with Gasteiger partial charge in [-0.3, -0.25) is 4.79 Å². The highest BCUT2D eigenvalue weighted by Crippen LogP contribution is 2.39. The van der Waals surface area contributed by atoms with Gasteiger partial charge in [-0.05, 0) is 36.4 Å². The van der Waals surface area contributed by atoms with Crippen molar-refractivity contribution in [2.75, 3.05) is 21.3 Å². The van der Waals surface area contributed by atoms with E-state index in [9.17, 15) is 9.90 Å². The normalized spacial score (nSPS) is 10.0. The maximum Gasteiger partial charge on any atom is 0.203 e. The van der Waals surface area contributed by atoms with Crippen LogP contribution in [0.3, 0.4) is 0 Å². The molecule has 0 aromatic heterocycles. The van der Waals surface area contributed by atoms with Gasteiger partial charge in [0, 0.05) is 5.56 Å². The van der Waals surface area contributed by atoms with Gasteiger partial charge in [-0.2, -0.15) is 0 Å². The van der Waals surface area contributed by atoms with Crippen molar-refractivity contribution >= 4 is 5.78 Å². The van der Waals surface area contributed by atoms with E-state index in [1.165, 1.54) is 20.3 Å². The SMILES string of the molecule is COc1ccc(C(=O)c2ccc(OC)c(OC)c2O)cc1. The number of aromatic hydroxyl groups is 1. The summed E-state index contributed by atoms with van der Waals surface area (Å²) in [5.74, 6) is 0.606. The Morgan fingerprint density at radius 1 is 0.905 bits per heavy atom. The first-order valence-electron chi connectivity index (χ1n) is 6.25. The molecule has 5 nitrogen and oxygen atoms in total. The number of carbonyl (C=O) groups is 1. The van der Waals surface area contributed by atoms with Crippen molar-refractivity contribution in [3.05, 3.63) is 47.5 Å². The first kappa shape index (κ1) is 14.7. The van der Waals surface area contributed by atoms with E-state index in [1.807, 2.05) is 0 Å². The molecule has 110 valence electrons. The Bertz CT molecular complexity index is 646. The zero-order chi connectivity index (χ0) is 15.4. The van der Waals surface area contributed by atoms with Crippen LogP contribution in [0.25, 0.3) is 0 Å². The predicted octanol–water partition coefficient (Wildman–Crippen LogP) is 2.65. The summed E-state index contributed by atoms with van der Waals surface area (Å²) in [5.41, 5.74) is 0.594. The zero-order valence-electron chi connectivity index (χ0n) is 12.0. The van der Waals surface area contributed by atoms with Gasteiger partial charge in [0.05, 0.1) is 26.9 Å². The molecule has 2 aromatic rings. The quantitative estimate of drug-likeness (QED) is 0.857. The van der Waals surface area contributed by atoms with Crippen LogP contribution in [0.15, 0.2) is 36.4 Å². The average molecular weight is 288 g/mol. The molecule has 0 atom stereocenters. The van der Waals surface area contributed by atoms with E-state index in [0.29, 0.717) is 17.1 Å². The van der Waals surface area contributed by atoms with Crippen molar-refractivity contribution in [2.24, 2.45) is 0 Å². The number of phenolic OH excluding ortho intramolecular Hbond substituents is 1. The minimum atomic E-state index is -0.309. The topological polar surface area (TPSA) is 65.0 Å². The van der Waals surface area contributed by atoms with Crippen molar-refractivity contribution in [1.82, 2.24) is 0 Å². The second kappa shape index (κ2) is 6.17. The predicted molar refractivity (Wildman–Crippen MR) is 77.6 cm³/mol. The van der Waals surface area contributed by atoms with Gasteiger partial charge in [-0.25, -0.2) is 0 Å². The first-order chi connectivity index (χ1) is 10.1. The third kappa shape index (κ3) is 2.76. The fraction of sp³-hybridized carbons (Fsp3) is 0.188. The fourth-order valence-corrected chi connectivity index (χ4v) is 1.99. The molecule has 0 fully saturated rings. The molecular formula is C16H16O5. The lowest BCUT2D eigenvalue weighted by molar-refractivity contribution is 0.103. The lowest BCUT2D eigenvalue weighted by atomic mass is 10.0. The standard InChI is InChI=1S/C16H16O5/c1-19-11-6-4-10(5-7-11)14(17)12-8-9-13(20-2)16(21-3)15(12)18/h4-9,18H,1-3H3. The molecule has 0 heterocycles. The number of phenols is 1. The molecule has 0 saturated carbocycles. The summed E-state index contributed by atoms with van der Waals surface area (Å²) in [7, 11) is 4.42. The van der Waals surface area contributed by atoms with E-state index >= 15 is 0 Å². The minimum Gasteiger partial charge on any atom is -0.504 e. The number of ketones is 1. The second-order valence-corrected chi connectivity index (χ2v) is 4.25. The summed E-state index contributed by atoms with van der Waals surface area (Å²) in [6.45, 7) is 0. The summed E-state index contributed by atoms with van der Waals surface area (Å²) < 4.78 is 15.2. The van der Waals surface area contributed by atoms with Crippen molar-refractivity contribution in [2.45, 2.75) is 0 Å². The van der Waals surface area contributed by atoms with Crippen molar-refractivity contribution < 1.29 is 24.1 Å². The molecule has 0 bridgehead atoms. The molecule has 1 N–H and O–H groups in total. The highest BCUT2D eigenvalue weighted by molar-refractivity contribution is 6.11. The third-order valence-corrected chi connectivity index (χ3v) is 3.12. The molecule has 0 aliphatic carbocycles. The van der Waals surface area contributed by atoms with E-state index in [-0.39, 0.29) is 22.8 Å². The van der Waals surface area contributed by atoms with Crippen LogP contribution in [0, 0.1) is 0 Å². The van der Waals surface area contributed by atoms with Crippen LogP contribution in [-0.2, 0) is 0 Å². The Hall–Kier alpha value is -2.69. The van der Waals surface area contributed by atoms with Gasteiger partial charge in [0.2, 0.25) is 5.75 Å². The van der Waals surface area contributed by atoms with E-state index in [4.69, 9.17) is 14.2 Å². The molecule has 0 radical (unpaired) electrons. The maximum atomic E-state index is 12.4. The summed E-state index contributed by atoms with van der Waals surface area (Å²) in [6.07, 6.45) is 0. The Morgan fingerprint density at radius 2 is 1.57 bits per heavy atom. The molecule has 0 spiro atoms. The largest absolute Gasteiger partial charge is 0.504 e. The molecule has 0 aliphatic heterocycles. The third-order valence-electron chi connectivity index (χ3n) is 3.12. The van der Waals surface area contributed by atoms with Gasteiger partial charge >= 0.3 is 0 Å². The van der Waals surface area contributed by atoms with Crippen LogP contribution in [0.4, 0.5) is 0 Å². The van der Waals surface area contributed by atoms with E-state index in [1.54, 1.807) is 37.4 Å². The Balaban J connectivity index is 2.43. The second-order valence-electron chi connectivity index (χ2n) is 4.25. The summed E-state index contributed by atoms with van der Waals surface area (Å²) >= 11 is 0. The molecule has 2 aromatic carbocycles. The summed E-state index contributed by atoms with van der Waals surface area (Å²) in [6, 6.07) is 9.73. The van der Waals surface area contributed by atoms with E-state index in [0.717, 1.165) is 0 Å². The first-order valence-corrected chi connectivity index (χ1v) is 6.25. The van der Waals surface area contributed by atoms with Gasteiger partial charge in [0.15, 0.2) is 17.3 Å². The van der Waals surface area contributed by atoms with E-state index in [2.05, 4.69) is 0 Å². The molecule has 2 rings (SSSR count). The smallest absolute Gasteiger partial charge is 0.203 e. The monoisotopic (exact) mass is 288 g/mol. The molecule has 0 amide bonds. The average Bonchev–Trinajstić information content (AvgIpc) is 2.53. The van der Waals surface area contributed by atoms with Gasteiger partial charge in [0.1, 0.15) is 5.75 Å². The number of rotatable bonds is 5. The van der Waals surface area contributed by atoms with Crippen molar-refractivity contribution in [3.63, 3.8) is 0 Å². The number of carbonyl (C=O) groups excluding carboxylic acids is 1. The van der Waals surface area contributed by atoms with Crippen LogP contribution in [0.2, 0.25) is 0 Å². The lowest BCUT2D eigenvalue weighted by Crippen LogP contribution is -2.03. The Kier molecular flexibility index (Phi) is 4.33. The fourth-order valence-electron chi connectivity index (χ4n) is 1.99. The van der Waals surface area contributed by atoms with E-state index < -0.39 is 0 Å². The van der Waals surface area contributed by atoms with Crippen LogP contribution >= 0.6 is 0 Å². The van der Waals surface area contributed by atoms with Gasteiger partial charge in [-0.1, -0.05) is 0 Å². The number of methoxy groups -OCH3 is 3. The minimum absolute atomic E-state index is 0.136. The number of benzene rings is 2. The van der Waals surface area contributed by atoms with Crippen LogP contribution in [0.1, 0.15) is 15.9 Å². The van der Waals surface area contributed by atoms with Gasteiger partial charge < -0.3 is 19.3 Å². The Morgan fingerprint density at radius 3 is 2.10 bits per heavy atom. The maximum absolute atomic E-state index is 12.4. The molecule has 0 saturated heterocycles.